The third-order valence-corrected chi connectivity index (χ3v) is 9.74. The van der Waals surface area contributed by atoms with Crippen LogP contribution in [-0.4, -0.2) is 52.0 Å². The molecule has 6 heteroatoms. The summed E-state index contributed by atoms with van der Waals surface area (Å²) >= 11 is 1.58. The van der Waals surface area contributed by atoms with E-state index in [1.807, 2.05) is 24.5 Å². The molecule has 1 saturated carbocycles. The van der Waals surface area contributed by atoms with E-state index in [1.54, 1.807) is 11.8 Å². The van der Waals surface area contributed by atoms with E-state index in [0.29, 0.717) is 29.8 Å². The standard InChI is InChI=1S/C38H56N2O3S/c1-27(2)14-10-12-18-32(24-30-16-8-7-9-17-30)40(28(3)4)26-31-20-21-34(35(25-31)33-19-13-11-15-29(33)5)37(41)39-36(38(42)43)22-23-44-6/h11,13-15,19-21,25,28,30,32,36H,7-10,12,16-18,22-24,26H2,1-6H3,(H,39,41)(H,42,43). The zero-order chi connectivity index (χ0) is 32.1. The van der Waals surface area contributed by atoms with Crippen LogP contribution in [0.5, 0.6) is 0 Å². The summed E-state index contributed by atoms with van der Waals surface area (Å²) < 4.78 is 0. The van der Waals surface area contributed by atoms with Crippen molar-refractivity contribution in [2.45, 2.75) is 123 Å². The maximum absolute atomic E-state index is 13.6. The number of carbonyl (C=O) groups is 2. The topological polar surface area (TPSA) is 69.6 Å². The first kappa shape index (κ1) is 35.9. The van der Waals surface area contributed by atoms with E-state index in [9.17, 15) is 14.7 Å². The van der Waals surface area contributed by atoms with Gasteiger partial charge in [-0.15, -0.1) is 0 Å². The van der Waals surface area contributed by atoms with Gasteiger partial charge < -0.3 is 10.4 Å². The Morgan fingerprint density at radius 2 is 1.77 bits per heavy atom. The SMILES string of the molecule is CSCCC(NC(=O)c1ccc(CN(C(C)C)C(CCCC=C(C)C)CC2CCCCC2)cc1-c1ccccc1C)C(=O)O. The van der Waals surface area contributed by atoms with Crippen LogP contribution in [-0.2, 0) is 11.3 Å². The fraction of sp³-hybridized carbons (Fsp3) is 0.579. The molecule has 1 aliphatic carbocycles. The maximum Gasteiger partial charge on any atom is 0.326 e. The molecule has 0 spiro atoms. The van der Waals surface area contributed by atoms with Gasteiger partial charge in [-0.1, -0.05) is 74.1 Å². The van der Waals surface area contributed by atoms with Gasteiger partial charge in [0.15, 0.2) is 0 Å². The van der Waals surface area contributed by atoms with Crippen LogP contribution in [0.25, 0.3) is 11.1 Å². The number of nitrogens with zero attached hydrogens (tertiary/aromatic N) is 1. The van der Waals surface area contributed by atoms with Crippen LogP contribution < -0.4 is 5.32 Å². The first-order valence-corrected chi connectivity index (χ1v) is 18.1. The molecule has 0 aliphatic heterocycles. The third kappa shape index (κ3) is 11.1. The third-order valence-electron chi connectivity index (χ3n) is 9.10. The molecule has 2 N–H and O–H groups in total. The number of rotatable bonds is 17. The maximum atomic E-state index is 13.6. The number of thioether (sulfide) groups is 1. The summed E-state index contributed by atoms with van der Waals surface area (Å²) in [7, 11) is 0. The Morgan fingerprint density at radius 1 is 1.05 bits per heavy atom. The van der Waals surface area contributed by atoms with Crippen LogP contribution in [0.15, 0.2) is 54.1 Å². The molecule has 1 aliphatic rings. The number of aryl methyl sites for hydroxylation is 1. The van der Waals surface area contributed by atoms with Crippen molar-refractivity contribution in [3.63, 3.8) is 0 Å². The number of nitrogens with one attached hydrogen (secondary N) is 1. The summed E-state index contributed by atoms with van der Waals surface area (Å²) in [5, 5.41) is 12.6. The Balaban J connectivity index is 1.94. The van der Waals surface area contributed by atoms with Gasteiger partial charge in [0.05, 0.1) is 0 Å². The van der Waals surface area contributed by atoms with E-state index in [1.165, 1.54) is 62.5 Å². The number of hydrogen-bond donors (Lipinski definition) is 2. The highest BCUT2D eigenvalue weighted by molar-refractivity contribution is 7.98. The molecule has 2 aromatic carbocycles. The van der Waals surface area contributed by atoms with Gasteiger partial charge in [0.2, 0.25) is 0 Å². The number of benzene rings is 2. The summed E-state index contributed by atoms with van der Waals surface area (Å²) in [6, 6.07) is 14.3. The Labute approximate surface area is 271 Å². The first-order valence-electron chi connectivity index (χ1n) is 16.7. The fourth-order valence-corrected chi connectivity index (χ4v) is 7.10. The summed E-state index contributed by atoms with van der Waals surface area (Å²) in [6.45, 7) is 11.9. The van der Waals surface area contributed by atoms with E-state index < -0.39 is 12.0 Å². The van der Waals surface area contributed by atoms with E-state index in [0.717, 1.165) is 35.6 Å². The lowest BCUT2D eigenvalue weighted by Crippen LogP contribution is -2.42. The normalized spacial score (nSPS) is 15.3. The van der Waals surface area contributed by atoms with Gasteiger partial charge in [-0.2, -0.15) is 11.8 Å². The molecule has 242 valence electrons. The smallest absolute Gasteiger partial charge is 0.326 e. The summed E-state index contributed by atoms with van der Waals surface area (Å²) in [6.07, 6.45) is 16.3. The van der Waals surface area contributed by atoms with Crippen LogP contribution in [0.1, 0.15) is 113 Å². The molecule has 0 heterocycles. The molecular formula is C38H56N2O3S. The Hall–Kier alpha value is -2.57. The molecule has 0 saturated heterocycles. The molecule has 1 amide bonds. The zero-order valence-electron chi connectivity index (χ0n) is 28.0. The minimum Gasteiger partial charge on any atom is -0.480 e. The van der Waals surface area contributed by atoms with Crippen molar-refractivity contribution < 1.29 is 14.7 Å². The molecule has 1 fully saturated rings. The predicted molar refractivity (Wildman–Crippen MR) is 187 cm³/mol. The van der Waals surface area contributed by atoms with E-state index in [4.69, 9.17) is 0 Å². The van der Waals surface area contributed by atoms with Crippen molar-refractivity contribution >= 4 is 23.6 Å². The number of amides is 1. The predicted octanol–water partition coefficient (Wildman–Crippen LogP) is 9.28. The summed E-state index contributed by atoms with van der Waals surface area (Å²) in [5.41, 5.74) is 6.06. The lowest BCUT2D eigenvalue weighted by molar-refractivity contribution is -0.139. The van der Waals surface area contributed by atoms with Crippen LogP contribution in [0.4, 0.5) is 0 Å². The highest BCUT2D eigenvalue weighted by atomic mass is 32.2. The van der Waals surface area contributed by atoms with Crippen molar-refractivity contribution in [1.82, 2.24) is 10.2 Å². The van der Waals surface area contributed by atoms with Gasteiger partial charge in [0.1, 0.15) is 6.04 Å². The average molecular weight is 621 g/mol. The van der Waals surface area contributed by atoms with Gasteiger partial charge in [0.25, 0.3) is 5.91 Å². The second-order valence-electron chi connectivity index (χ2n) is 13.2. The van der Waals surface area contributed by atoms with Crippen LogP contribution >= 0.6 is 11.8 Å². The first-order chi connectivity index (χ1) is 21.1. The molecule has 3 rings (SSSR count). The van der Waals surface area contributed by atoms with Crippen molar-refractivity contribution in [3.05, 3.63) is 70.8 Å². The van der Waals surface area contributed by atoms with E-state index in [2.05, 4.69) is 75.2 Å². The lowest BCUT2D eigenvalue weighted by atomic mass is 9.83. The summed E-state index contributed by atoms with van der Waals surface area (Å²) in [5.74, 6) is 0.142. The molecule has 0 aromatic heterocycles. The Kier molecular flexibility index (Phi) is 15.0. The van der Waals surface area contributed by atoms with Crippen molar-refractivity contribution in [3.8, 4) is 11.1 Å². The minimum atomic E-state index is -0.998. The van der Waals surface area contributed by atoms with E-state index in [-0.39, 0.29) is 5.91 Å². The molecule has 0 bridgehead atoms. The molecule has 5 nitrogen and oxygen atoms in total. The second kappa shape index (κ2) is 18.4. The number of carbonyl (C=O) groups excluding carboxylic acids is 1. The fourth-order valence-electron chi connectivity index (χ4n) is 6.63. The van der Waals surface area contributed by atoms with Crippen molar-refractivity contribution in [2.24, 2.45) is 5.92 Å². The number of carboxylic acids is 1. The van der Waals surface area contributed by atoms with Crippen molar-refractivity contribution in [1.29, 1.82) is 0 Å². The summed E-state index contributed by atoms with van der Waals surface area (Å²) in [4.78, 5) is 28.2. The number of hydrogen-bond acceptors (Lipinski definition) is 4. The lowest BCUT2D eigenvalue weighted by Gasteiger charge is -2.38. The Bertz CT molecular complexity index is 1230. The number of carboxylic acid groups (broad SMARTS) is 1. The molecule has 0 radical (unpaired) electrons. The van der Waals surface area contributed by atoms with Crippen LogP contribution in [0.2, 0.25) is 0 Å². The number of unbranched alkanes of at least 4 members (excludes halogenated alkanes) is 1. The molecule has 44 heavy (non-hydrogen) atoms. The quantitative estimate of drug-likeness (QED) is 0.136. The van der Waals surface area contributed by atoms with Crippen LogP contribution in [0, 0.1) is 12.8 Å². The van der Waals surface area contributed by atoms with Gasteiger partial charge >= 0.3 is 5.97 Å². The van der Waals surface area contributed by atoms with Crippen LogP contribution in [0.3, 0.4) is 0 Å². The zero-order valence-corrected chi connectivity index (χ0v) is 28.8. The second-order valence-corrected chi connectivity index (χ2v) is 14.2. The Morgan fingerprint density at radius 3 is 2.41 bits per heavy atom. The monoisotopic (exact) mass is 620 g/mol. The van der Waals surface area contributed by atoms with Gasteiger partial charge in [-0.05, 0) is 119 Å². The highest BCUT2D eigenvalue weighted by Crippen LogP contribution is 2.33. The van der Waals surface area contributed by atoms with E-state index >= 15 is 0 Å². The van der Waals surface area contributed by atoms with Crippen molar-refractivity contribution in [2.75, 3.05) is 12.0 Å². The van der Waals surface area contributed by atoms with Gasteiger partial charge in [0, 0.05) is 24.2 Å². The largest absolute Gasteiger partial charge is 0.480 e. The molecular weight excluding hydrogens is 564 g/mol. The average Bonchev–Trinajstić information content (AvgIpc) is 2.99. The minimum absolute atomic E-state index is 0.335. The number of allylic oxidation sites excluding steroid dienone is 2. The molecule has 2 aromatic rings. The highest BCUT2D eigenvalue weighted by Gasteiger charge is 2.27. The molecule has 2 unspecified atom stereocenters. The molecule has 2 atom stereocenters. The van der Waals surface area contributed by atoms with Gasteiger partial charge in [-0.25, -0.2) is 4.79 Å². The van der Waals surface area contributed by atoms with Gasteiger partial charge in [-0.3, -0.25) is 9.69 Å². The number of aliphatic carboxylic acids is 1.